The molecular weight excluding hydrogens is 218 g/mol. The highest BCUT2D eigenvalue weighted by atomic mass is 32.1. The predicted molar refractivity (Wildman–Crippen MR) is 66.7 cm³/mol. The summed E-state index contributed by atoms with van der Waals surface area (Å²) < 4.78 is 5.37. The number of hydrogen-bond donors (Lipinski definition) is 0. The van der Waals surface area contributed by atoms with Gasteiger partial charge in [0.05, 0.1) is 5.16 Å². The smallest absolute Gasteiger partial charge is 0.189 e. The van der Waals surface area contributed by atoms with Gasteiger partial charge in [-0.1, -0.05) is 54.6 Å². The van der Waals surface area contributed by atoms with E-state index in [1.54, 1.807) is 0 Å². The minimum atomic E-state index is -0.149. The van der Waals surface area contributed by atoms with E-state index in [4.69, 9.17) is 4.74 Å². The van der Waals surface area contributed by atoms with Crippen molar-refractivity contribution >= 4 is 17.4 Å². The van der Waals surface area contributed by atoms with Crippen molar-refractivity contribution in [3.63, 3.8) is 0 Å². The monoisotopic (exact) mass is 229 g/mol. The third kappa shape index (κ3) is 2.97. The average molecular weight is 229 g/mol. The highest BCUT2D eigenvalue weighted by molar-refractivity contribution is 7.78. The van der Waals surface area contributed by atoms with Gasteiger partial charge in [-0.2, -0.15) is 4.99 Å². The van der Waals surface area contributed by atoms with Crippen molar-refractivity contribution in [1.82, 2.24) is 0 Å². The molecule has 1 heterocycles. The van der Waals surface area contributed by atoms with Gasteiger partial charge in [0.1, 0.15) is 6.10 Å². The third-order valence-corrected chi connectivity index (χ3v) is 2.33. The molecule has 2 unspecified atom stereocenters. The predicted octanol–water partition coefficient (Wildman–Crippen LogP) is 3.31. The molecule has 0 bridgehead atoms. The van der Waals surface area contributed by atoms with Crippen LogP contribution in [0, 0.1) is 0 Å². The van der Waals surface area contributed by atoms with Gasteiger partial charge >= 0.3 is 0 Å². The Balaban J connectivity index is 2.26. The van der Waals surface area contributed by atoms with Crippen molar-refractivity contribution in [3.8, 4) is 0 Å². The first-order valence-electron chi connectivity index (χ1n) is 5.02. The first-order chi connectivity index (χ1) is 7.92. The number of isothiocyanates is 1. The highest BCUT2D eigenvalue weighted by Crippen LogP contribution is 2.38. The van der Waals surface area contributed by atoms with E-state index >= 15 is 0 Å². The van der Waals surface area contributed by atoms with E-state index in [1.165, 1.54) is 0 Å². The van der Waals surface area contributed by atoms with Gasteiger partial charge < -0.3 is 4.74 Å². The molecule has 0 aromatic heterocycles. The molecule has 1 aliphatic rings. The Hall–Kier alpha value is -1.54. The quantitative estimate of drug-likeness (QED) is 0.441. The molecule has 2 rings (SSSR count). The molecule has 1 aromatic rings. The van der Waals surface area contributed by atoms with Crippen LogP contribution in [0.1, 0.15) is 11.7 Å². The molecule has 1 aromatic carbocycles. The Kier molecular flexibility index (Phi) is 3.78. The van der Waals surface area contributed by atoms with E-state index in [2.05, 4.69) is 22.4 Å². The van der Waals surface area contributed by atoms with Crippen LogP contribution in [0.15, 0.2) is 59.6 Å². The SMILES string of the molecule is S=C=NC1OC1c1ccccccccc1. The molecule has 2 atom stereocenters. The second-order valence-electron chi connectivity index (χ2n) is 3.35. The van der Waals surface area contributed by atoms with Gasteiger partial charge in [-0.3, -0.25) is 0 Å². The van der Waals surface area contributed by atoms with E-state index in [9.17, 15) is 0 Å². The minimum absolute atomic E-state index is 0.0214. The molecular formula is C13H11NOS. The fourth-order valence-corrected chi connectivity index (χ4v) is 1.50. The largest absolute Gasteiger partial charge is 0.340 e. The third-order valence-electron chi connectivity index (χ3n) is 2.22. The standard InChI is InChI=1S/C13H11NOS/c16-10-14-13-12(15-13)11-8-6-4-2-1-3-5-7-9-11/h1-9,12-13H. The lowest BCUT2D eigenvalue weighted by atomic mass is 10.2. The molecule has 0 saturated carbocycles. The lowest BCUT2D eigenvalue weighted by Gasteiger charge is -1.88. The molecule has 1 saturated heterocycles. The summed E-state index contributed by atoms with van der Waals surface area (Å²) in [7, 11) is 0. The Labute approximate surface area is 99.9 Å². The van der Waals surface area contributed by atoms with Crippen LogP contribution in [0.2, 0.25) is 0 Å². The molecule has 16 heavy (non-hydrogen) atoms. The van der Waals surface area contributed by atoms with Crippen LogP contribution in [0.4, 0.5) is 0 Å². The van der Waals surface area contributed by atoms with Crippen LogP contribution in [-0.4, -0.2) is 11.4 Å². The van der Waals surface area contributed by atoms with Gasteiger partial charge in [0.15, 0.2) is 6.23 Å². The molecule has 0 spiro atoms. The van der Waals surface area contributed by atoms with Gasteiger partial charge in [0.25, 0.3) is 0 Å². The highest BCUT2D eigenvalue weighted by Gasteiger charge is 2.39. The number of rotatable bonds is 2. The molecule has 1 fully saturated rings. The molecule has 2 nitrogen and oxygen atoms in total. The summed E-state index contributed by atoms with van der Waals surface area (Å²) in [6.07, 6.45) is -0.127. The van der Waals surface area contributed by atoms with E-state index in [0.29, 0.717) is 0 Å². The Morgan fingerprint density at radius 2 is 1.56 bits per heavy atom. The first-order valence-corrected chi connectivity index (χ1v) is 5.43. The van der Waals surface area contributed by atoms with Gasteiger partial charge in [-0.15, -0.1) is 0 Å². The van der Waals surface area contributed by atoms with E-state index in [-0.39, 0.29) is 12.3 Å². The van der Waals surface area contributed by atoms with Crippen molar-refractivity contribution < 1.29 is 4.74 Å². The van der Waals surface area contributed by atoms with Crippen molar-refractivity contribution in [3.05, 3.63) is 60.2 Å². The van der Waals surface area contributed by atoms with Crippen LogP contribution in [0.3, 0.4) is 0 Å². The second-order valence-corrected chi connectivity index (χ2v) is 3.53. The number of thiocarbonyl (C=S) groups is 1. The zero-order valence-electron chi connectivity index (χ0n) is 8.61. The molecule has 3 heteroatoms. The summed E-state index contributed by atoms with van der Waals surface area (Å²) in [5, 5.41) is 2.34. The van der Waals surface area contributed by atoms with E-state index in [0.717, 1.165) is 5.56 Å². The summed E-state index contributed by atoms with van der Waals surface area (Å²) in [6, 6.07) is 17.9. The van der Waals surface area contributed by atoms with Crippen molar-refractivity contribution in [2.45, 2.75) is 12.3 Å². The summed E-state index contributed by atoms with van der Waals surface area (Å²) in [5.41, 5.74) is 1.09. The Morgan fingerprint density at radius 1 is 1.00 bits per heavy atom. The fraction of sp³-hybridized carbons (Fsp3) is 0.154. The normalized spacial score (nSPS) is 21.5. The van der Waals surface area contributed by atoms with Crippen molar-refractivity contribution in [1.29, 1.82) is 0 Å². The van der Waals surface area contributed by atoms with Gasteiger partial charge in [-0.25, -0.2) is 0 Å². The van der Waals surface area contributed by atoms with E-state index in [1.807, 2.05) is 54.6 Å². The van der Waals surface area contributed by atoms with Crippen LogP contribution in [0.25, 0.3) is 0 Å². The summed E-state index contributed by atoms with van der Waals surface area (Å²) in [4.78, 5) is 3.90. The molecule has 80 valence electrons. The van der Waals surface area contributed by atoms with Gasteiger partial charge in [-0.05, 0) is 17.8 Å². The van der Waals surface area contributed by atoms with Gasteiger partial charge in [0, 0.05) is 0 Å². The topological polar surface area (TPSA) is 24.9 Å². The van der Waals surface area contributed by atoms with Crippen LogP contribution >= 0.6 is 12.2 Å². The number of nitrogens with zero attached hydrogens (tertiary/aromatic N) is 1. The fourth-order valence-electron chi connectivity index (χ4n) is 1.40. The second kappa shape index (κ2) is 5.52. The van der Waals surface area contributed by atoms with Gasteiger partial charge in [0.2, 0.25) is 0 Å². The zero-order chi connectivity index (χ0) is 11.2. The summed E-state index contributed by atoms with van der Waals surface area (Å²) >= 11 is 4.54. The van der Waals surface area contributed by atoms with Crippen molar-refractivity contribution in [2.75, 3.05) is 0 Å². The number of epoxide rings is 1. The number of aliphatic imine (C=N–C) groups is 1. The lowest BCUT2D eigenvalue weighted by Crippen LogP contribution is -1.81. The Morgan fingerprint density at radius 3 is 2.12 bits per heavy atom. The zero-order valence-corrected chi connectivity index (χ0v) is 9.43. The van der Waals surface area contributed by atoms with Crippen LogP contribution in [-0.2, 0) is 4.74 Å². The summed E-state index contributed by atoms with van der Waals surface area (Å²) in [5.74, 6) is 0. The van der Waals surface area contributed by atoms with E-state index < -0.39 is 0 Å². The van der Waals surface area contributed by atoms with Crippen LogP contribution < -0.4 is 0 Å². The first kappa shape index (κ1) is 11.0. The maximum absolute atomic E-state index is 5.37. The lowest BCUT2D eigenvalue weighted by molar-refractivity contribution is 0.379. The molecule has 0 amide bonds. The maximum Gasteiger partial charge on any atom is 0.189 e. The average Bonchev–Trinajstić information content (AvgIpc) is 3.06. The number of ether oxygens (including phenoxy) is 1. The van der Waals surface area contributed by atoms with Crippen molar-refractivity contribution in [2.24, 2.45) is 4.99 Å². The molecule has 0 N–H and O–H groups in total. The molecule has 0 radical (unpaired) electrons. The van der Waals surface area contributed by atoms with Crippen LogP contribution in [0.5, 0.6) is 0 Å². The molecule has 0 aliphatic carbocycles. The number of hydrogen-bond acceptors (Lipinski definition) is 3. The summed E-state index contributed by atoms with van der Waals surface area (Å²) in [6.45, 7) is 0. The molecule has 1 aliphatic heterocycles. The Bertz CT molecular complexity index is 442. The minimum Gasteiger partial charge on any atom is -0.340 e. The maximum atomic E-state index is 5.37.